The van der Waals surface area contributed by atoms with Gasteiger partial charge < -0.3 is 20.3 Å². The van der Waals surface area contributed by atoms with Gasteiger partial charge in [0.1, 0.15) is 23.1 Å². The van der Waals surface area contributed by atoms with Gasteiger partial charge in [-0.2, -0.15) is 0 Å². The van der Waals surface area contributed by atoms with E-state index >= 15 is 0 Å². The Hall–Kier alpha value is -3.43. The van der Waals surface area contributed by atoms with Crippen LogP contribution >= 0.6 is 0 Å². The Kier molecular flexibility index (Phi) is 6.85. The van der Waals surface area contributed by atoms with Gasteiger partial charge in [0.2, 0.25) is 0 Å². The van der Waals surface area contributed by atoms with Crippen molar-refractivity contribution in [2.75, 3.05) is 12.4 Å². The molecule has 0 saturated heterocycles. The van der Waals surface area contributed by atoms with Crippen molar-refractivity contribution < 1.29 is 28.5 Å². The van der Waals surface area contributed by atoms with Crippen LogP contribution in [0.15, 0.2) is 48.8 Å². The van der Waals surface area contributed by atoms with Crippen LogP contribution in [-0.4, -0.2) is 45.4 Å². The first-order valence-electron chi connectivity index (χ1n) is 10.9. The number of aromatic nitrogens is 2. The van der Waals surface area contributed by atoms with Crippen LogP contribution in [0.1, 0.15) is 41.7 Å². The molecule has 1 saturated carbocycles. The molecule has 1 amide bonds. The number of amides is 1. The average Bonchev–Trinajstić information content (AvgIpc) is 2.82. The zero-order valence-corrected chi connectivity index (χ0v) is 18.7. The van der Waals surface area contributed by atoms with Crippen LogP contribution in [0.5, 0.6) is 5.75 Å². The van der Waals surface area contributed by atoms with E-state index in [9.17, 15) is 23.8 Å². The van der Waals surface area contributed by atoms with E-state index in [1.807, 2.05) is 6.92 Å². The number of pyridine rings is 2. The lowest BCUT2D eigenvalue weighted by Crippen LogP contribution is -2.39. The molecule has 178 valence electrons. The highest BCUT2D eigenvalue weighted by molar-refractivity contribution is 6.03. The summed E-state index contributed by atoms with van der Waals surface area (Å²) in [5.74, 6) is -2.46. The fraction of sp³-hybridized carbons (Fsp3) is 0.320. The first-order chi connectivity index (χ1) is 16.3. The van der Waals surface area contributed by atoms with Gasteiger partial charge in [-0.1, -0.05) is 13.0 Å². The summed E-state index contributed by atoms with van der Waals surface area (Å²) in [5, 5.41) is 23.1. The van der Waals surface area contributed by atoms with Crippen molar-refractivity contribution in [3.63, 3.8) is 0 Å². The number of hydrogen-bond donors (Lipinski definition) is 3. The van der Waals surface area contributed by atoms with Gasteiger partial charge in [-0.05, 0) is 48.4 Å². The van der Waals surface area contributed by atoms with Crippen LogP contribution in [0.4, 0.5) is 14.5 Å². The first-order valence-corrected chi connectivity index (χ1v) is 10.9. The molecule has 1 fully saturated rings. The van der Waals surface area contributed by atoms with E-state index in [2.05, 4.69) is 15.3 Å². The molecule has 34 heavy (non-hydrogen) atoms. The molecule has 0 bridgehead atoms. The Morgan fingerprint density at radius 1 is 1.15 bits per heavy atom. The van der Waals surface area contributed by atoms with Crippen LogP contribution in [0.25, 0.3) is 11.3 Å². The standard InChI is InChI=1S/C25H25F2N3O4/c1-13-8-14(9-22(31)24(13)32)16-6-7-28-12-21(16)30-25(33)20-5-3-4-19(29-20)23-17(26)10-15(34-2)11-18(23)27/h3-7,10-14,22,24,31-32H,8-9H2,1-2H3,(H,30,33)/t13-,14+,22+,24+/m0/s1. The number of methoxy groups -OCH3 is 1. The zero-order valence-electron chi connectivity index (χ0n) is 18.7. The number of rotatable bonds is 5. The fourth-order valence-electron chi connectivity index (χ4n) is 4.41. The van der Waals surface area contributed by atoms with Gasteiger partial charge in [0.05, 0.1) is 42.5 Å². The Balaban J connectivity index is 1.60. The smallest absolute Gasteiger partial charge is 0.274 e. The van der Waals surface area contributed by atoms with Crippen LogP contribution < -0.4 is 10.1 Å². The maximum atomic E-state index is 14.5. The number of carbonyl (C=O) groups excluding carboxylic acids is 1. The van der Waals surface area contributed by atoms with E-state index in [4.69, 9.17) is 4.74 Å². The van der Waals surface area contributed by atoms with Crippen LogP contribution in [-0.2, 0) is 0 Å². The third-order valence-corrected chi connectivity index (χ3v) is 6.19. The van der Waals surface area contributed by atoms with E-state index in [1.165, 1.54) is 31.5 Å². The quantitative estimate of drug-likeness (QED) is 0.523. The molecule has 0 radical (unpaired) electrons. The molecule has 0 aliphatic heterocycles. The minimum Gasteiger partial charge on any atom is -0.497 e. The summed E-state index contributed by atoms with van der Waals surface area (Å²) >= 11 is 0. The Morgan fingerprint density at radius 2 is 1.88 bits per heavy atom. The Labute approximate surface area is 195 Å². The average molecular weight is 469 g/mol. The van der Waals surface area contributed by atoms with Gasteiger partial charge in [-0.25, -0.2) is 13.8 Å². The number of halogens is 2. The predicted molar refractivity (Wildman–Crippen MR) is 121 cm³/mol. The Morgan fingerprint density at radius 3 is 2.56 bits per heavy atom. The summed E-state index contributed by atoms with van der Waals surface area (Å²) in [6.45, 7) is 1.87. The molecule has 9 heteroatoms. The minimum absolute atomic E-state index is 0.0325. The van der Waals surface area contributed by atoms with E-state index < -0.39 is 29.7 Å². The van der Waals surface area contributed by atoms with Crippen molar-refractivity contribution in [1.29, 1.82) is 0 Å². The van der Waals surface area contributed by atoms with Gasteiger partial charge in [0.25, 0.3) is 5.91 Å². The largest absolute Gasteiger partial charge is 0.497 e. The molecule has 2 aromatic heterocycles. The van der Waals surface area contributed by atoms with E-state index in [0.29, 0.717) is 18.5 Å². The molecule has 1 aliphatic carbocycles. The van der Waals surface area contributed by atoms with E-state index in [0.717, 1.165) is 17.7 Å². The number of benzene rings is 1. The molecular weight excluding hydrogens is 444 g/mol. The molecular formula is C25H25F2N3O4. The molecule has 4 rings (SSSR count). The molecule has 3 N–H and O–H groups in total. The second kappa shape index (κ2) is 9.82. The maximum absolute atomic E-state index is 14.5. The SMILES string of the molecule is COc1cc(F)c(-c2cccc(C(=O)Nc3cnccc3[C@H]3C[C@@H](O)[C@H](O)[C@@H](C)C3)n2)c(F)c1. The molecule has 1 aliphatic rings. The van der Waals surface area contributed by atoms with Gasteiger partial charge in [-0.15, -0.1) is 0 Å². The summed E-state index contributed by atoms with van der Waals surface area (Å²) < 4.78 is 33.9. The molecule has 7 nitrogen and oxygen atoms in total. The van der Waals surface area contributed by atoms with Gasteiger partial charge in [0, 0.05) is 18.3 Å². The zero-order chi connectivity index (χ0) is 24.4. The number of nitrogens with one attached hydrogen (secondary N) is 1. The maximum Gasteiger partial charge on any atom is 0.274 e. The minimum atomic E-state index is -0.863. The lowest BCUT2D eigenvalue weighted by molar-refractivity contribution is -0.0456. The molecule has 3 aromatic rings. The summed E-state index contributed by atoms with van der Waals surface area (Å²) in [6, 6.07) is 8.21. The van der Waals surface area contributed by atoms with Crippen molar-refractivity contribution in [3.05, 3.63) is 71.7 Å². The topological polar surface area (TPSA) is 105 Å². The highest BCUT2D eigenvalue weighted by Crippen LogP contribution is 2.39. The third-order valence-electron chi connectivity index (χ3n) is 6.19. The molecule has 2 heterocycles. The summed E-state index contributed by atoms with van der Waals surface area (Å²) in [6.07, 6.45) is 2.43. The second-order valence-electron chi connectivity index (χ2n) is 8.49. The van der Waals surface area contributed by atoms with Crippen LogP contribution in [0, 0.1) is 17.6 Å². The number of carbonyl (C=O) groups is 1. The highest BCUT2D eigenvalue weighted by Gasteiger charge is 2.35. The summed E-state index contributed by atoms with van der Waals surface area (Å²) in [7, 11) is 1.31. The number of aliphatic hydroxyl groups is 2. The monoisotopic (exact) mass is 469 g/mol. The lowest BCUT2D eigenvalue weighted by atomic mass is 9.75. The highest BCUT2D eigenvalue weighted by atomic mass is 19.1. The number of nitrogens with zero attached hydrogens (tertiary/aromatic N) is 2. The molecule has 4 atom stereocenters. The summed E-state index contributed by atoms with van der Waals surface area (Å²) in [5.41, 5.74) is 0.803. The van der Waals surface area contributed by atoms with Crippen LogP contribution in [0.2, 0.25) is 0 Å². The molecule has 0 spiro atoms. The van der Waals surface area contributed by atoms with Crippen molar-refractivity contribution in [2.45, 2.75) is 37.9 Å². The van der Waals surface area contributed by atoms with Crippen molar-refractivity contribution in [2.24, 2.45) is 5.92 Å². The third kappa shape index (κ3) is 4.76. The normalized spacial score (nSPS) is 22.3. The lowest BCUT2D eigenvalue weighted by Gasteiger charge is -2.35. The number of aliphatic hydroxyl groups excluding tert-OH is 2. The van der Waals surface area contributed by atoms with Gasteiger partial charge >= 0.3 is 0 Å². The summed E-state index contributed by atoms with van der Waals surface area (Å²) in [4.78, 5) is 21.2. The number of hydrogen-bond acceptors (Lipinski definition) is 6. The molecule has 1 aromatic carbocycles. The van der Waals surface area contributed by atoms with E-state index in [1.54, 1.807) is 12.3 Å². The number of anilines is 1. The second-order valence-corrected chi connectivity index (χ2v) is 8.49. The predicted octanol–water partition coefficient (Wildman–Crippen LogP) is 3.92. The molecule has 0 unspecified atom stereocenters. The Bertz CT molecular complexity index is 1170. The van der Waals surface area contributed by atoms with E-state index in [-0.39, 0.29) is 34.5 Å². The van der Waals surface area contributed by atoms with Gasteiger partial charge in [-0.3, -0.25) is 9.78 Å². The van der Waals surface area contributed by atoms with Crippen molar-refractivity contribution in [1.82, 2.24) is 9.97 Å². The van der Waals surface area contributed by atoms with Gasteiger partial charge in [0.15, 0.2) is 0 Å². The van der Waals surface area contributed by atoms with Crippen molar-refractivity contribution >= 4 is 11.6 Å². The van der Waals surface area contributed by atoms with Crippen LogP contribution in [0.3, 0.4) is 0 Å². The first kappa shape index (κ1) is 23.7. The van der Waals surface area contributed by atoms with Crippen molar-refractivity contribution in [3.8, 4) is 17.0 Å². The fourth-order valence-corrected chi connectivity index (χ4v) is 4.41. The number of ether oxygens (including phenoxy) is 1.